The van der Waals surface area contributed by atoms with Crippen molar-refractivity contribution < 1.29 is 0 Å². The van der Waals surface area contributed by atoms with Crippen LogP contribution in [0.15, 0.2) is 40.6 Å². The first kappa shape index (κ1) is 14.2. The number of H-pyrrole nitrogens is 1. The molecule has 0 atom stereocenters. The van der Waals surface area contributed by atoms with E-state index in [4.69, 9.17) is 0 Å². The minimum atomic E-state index is 0.561. The normalized spacial score (nSPS) is 10.4. The summed E-state index contributed by atoms with van der Waals surface area (Å²) >= 11 is 1.35. The number of nitrogens with zero attached hydrogens (tertiary/aromatic N) is 5. The molecular weight excluding hydrogens is 296 g/mol. The van der Waals surface area contributed by atoms with Gasteiger partial charge in [-0.2, -0.15) is 5.26 Å². The van der Waals surface area contributed by atoms with Gasteiger partial charge in [-0.1, -0.05) is 0 Å². The van der Waals surface area contributed by atoms with Gasteiger partial charge >= 0.3 is 0 Å². The molecule has 3 aromatic heterocycles. The SMILES string of the molecule is Cc1cc(Sc2n[nH]c(-c3ccncc3)n2)c(C#N)c(C)n1. The van der Waals surface area contributed by atoms with Gasteiger partial charge in [0, 0.05) is 28.5 Å². The van der Waals surface area contributed by atoms with Gasteiger partial charge in [-0.15, -0.1) is 5.10 Å². The first-order valence-corrected chi connectivity index (χ1v) is 7.38. The van der Waals surface area contributed by atoms with Gasteiger partial charge in [0.1, 0.15) is 6.07 Å². The highest BCUT2D eigenvalue weighted by Crippen LogP contribution is 2.30. The molecule has 0 saturated heterocycles. The molecule has 1 N–H and O–H groups in total. The standard InChI is InChI=1S/C15H12N6S/c1-9-7-13(12(8-16)10(2)18-9)22-15-19-14(20-21-15)11-3-5-17-6-4-11/h3-7H,1-2H3,(H,19,20,21). The Morgan fingerprint density at radius 2 is 1.95 bits per heavy atom. The van der Waals surface area contributed by atoms with E-state index in [-0.39, 0.29) is 0 Å². The van der Waals surface area contributed by atoms with E-state index in [1.54, 1.807) is 12.4 Å². The number of rotatable bonds is 3. The molecule has 0 fully saturated rings. The highest BCUT2D eigenvalue weighted by molar-refractivity contribution is 7.99. The van der Waals surface area contributed by atoms with E-state index in [0.29, 0.717) is 16.5 Å². The summed E-state index contributed by atoms with van der Waals surface area (Å²) in [6, 6.07) is 7.78. The Kier molecular flexibility index (Phi) is 3.85. The molecular formula is C15H12N6S. The zero-order chi connectivity index (χ0) is 15.5. The minimum Gasteiger partial charge on any atom is -0.265 e. The summed E-state index contributed by atoms with van der Waals surface area (Å²) in [7, 11) is 0. The number of nitrogens with one attached hydrogen (secondary N) is 1. The molecule has 6 nitrogen and oxygen atoms in total. The second-order valence-electron chi connectivity index (χ2n) is 4.64. The molecule has 0 aromatic carbocycles. The molecule has 0 unspecified atom stereocenters. The van der Waals surface area contributed by atoms with Gasteiger partial charge in [0.2, 0.25) is 5.16 Å². The predicted octanol–water partition coefficient (Wildman–Crippen LogP) is 2.90. The van der Waals surface area contributed by atoms with Crippen LogP contribution in [0, 0.1) is 25.2 Å². The van der Waals surface area contributed by atoms with Gasteiger partial charge in [-0.05, 0) is 43.8 Å². The monoisotopic (exact) mass is 308 g/mol. The number of hydrogen-bond acceptors (Lipinski definition) is 6. The molecule has 0 amide bonds. The van der Waals surface area contributed by atoms with E-state index in [9.17, 15) is 5.26 Å². The fraction of sp³-hybridized carbons (Fsp3) is 0.133. The first-order chi connectivity index (χ1) is 10.7. The van der Waals surface area contributed by atoms with Crippen LogP contribution >= 0.6 is 11.8 Å². The lowest BCUT2D eigenvalue weighted by molar-refractivity contribution is 0.970. The van der Waals surface area contributed by atoms with Crippen molar-refractivity contribution in [2.45, 2.75) is 23.9 Å². The predicted molar refractivity (Wildman–Crippen MR) is 82.2 cm³/mol. The van der Waals surface area contributed by atoms with Gasteiger partial charge in [-0.3, -0.25) is 15.1 Å². The van der Waals surface area contributed by atoms with E-state index in [0.717, 1.165) is 21.8 Å². The summed E-state index contributed by atoms with van der Waals surface area (Å²) in [6.07, 6.45) is 3.40. The summed E-state index contributed by atoms with van der Waals surface area (Å²) in [4.78, 5) is 13.5. The zero-order valence-electron chi connectivity index (χ0n) is 12.0. The maximum atomic E-state index is 9.29. The molecule has 3 rings (SSSR count). The lowest BCUT2D eigenvalue weighted by Crippen LogP contribution is -1.94. The third kappa shape index (κ3) is 2.82. The van der Waals surface area contributed by atoms with Crippen LogP contribution in [0.1, 0.15) is 17.0 Å². The number of aromatic nitrogens is 5. The van der Waals surface area contributed by atoms with Gasteiger partial charge in [0.05, 0.1) is 11.3 Å². The van der Waals surface area contributed by atoms with Crippen molar-refractivity contribution in [3.05, 3.63) is 47.5 Å². The highest BCUT2D eigenvalue weighted by atomic mass is 32.2. The van der Waals surface area contributed by atoms with E-state index in [2.05, 4.69) is 31.2 Å². The fourth-order valence-electron chi connectivity index (χ4n) is 2.04. The maximum absolute atomic E-state index is 9.29. The maximum Gasteiger partial charge on any atom is 0.213 e. The van der Waals surface area contributed by atoms with E-state index >= 15 is 0 Å². The fourth-order valence-corrected chi connectivity index (χ4v) is 2.99. The Morgan fingerprint density at radius 1 is 1.18 bits per heavy atom. The average Bonchev–Trinajstić information content (AvgIpc) is 2.96. The molecule has 3 aromatic rings. The van der Waals surface area contributed by atoms with Crippen molar-refractivity contribution in [2.75, 3.05) is 0 Å². The second kappa shape index (κ2) is 5.95. The second-order valence-corrected chi connectivity index (χ2v) is 5.65. The summed E-state index contributed by atoms with van der Waals surface area (Å²) in [5.41, 5.74) is 3.06. The summed E-state index contributed by atoms with van der Waals surface area (Å²) < 4.78 is 0. The molecule has 22 heavy (non-hydrogen) atoms. The van der Waals surface area contributed by atoms with Crippen LogP contribution in [-0.2, 0) is 0 Å². The van der Waals surface area contributed by atoms with Crippen LogP contribution in [0.5, 0.6) is 0 Å². The van der Waals surface area contributed by atoms with Gasteiger partial charge < -0.3 is 0 Å². The Bertz CT molecular complexity index is 850. The van der Waals surface area contributed by atoms with E-state index in [1.807, 2.05) is 32.0 Å². The Balaban J connectivity index is 1.92. The van der Waals surface area contributed by atoms with Crippen molar-refractivity contribution in [1.82, 2.24) is 25.1 Å². The molecule has 0 saturated carbocycles. The minimum absolute atomic E-state index is 0.561. The van der Waals surface area contributed by atoms with Crippen molar-refractivity contribution in [3.63, 3.8) is 0 Å². The van der Waals surface area contributed by atoms with Crippen LogP contribution in [0.4, 0.5) is 0 Å². The van der Waals surface area contributed by atoms with Crippen LogP contribution in [-0.4, -0.2) is 25.1 Å². The highest BCUT2D eigenvalue weighted by Gasteiger charge is 2.13. The summed E-state index contributed by atoms with van der Waals surface area (Å²) in [5.74, 6) is 0.672. The molecule has 0 aliphatic heterocycles. The zero-order valence-corrected chi connectivity index (χ0v) is 12.8. The molecule has 108 valence electrons. The number of aryl methyl sites for hydroxylation is 2. The van der Waals surface area contributed by atoms with Crippen LogP contribution in [0.2, 0.25) is 0 Å². The third-order valence-corrected chi connectivity index (χ3v) is 3.93. The van der Waals surface area contributed by atoms with E-state index < -0.39 is 0 Å². The molecule has 0 bridgehead atoms. The van der Waals surface area contributed by atoms with E-state index in [1.165, 1.54) is 11.8 Å². The lowest BCUT2D eigenvalue weighted by Gasteiger charge is -2.05. The lowest BCUT2D eigenvalue weighted by atomic mass is 10.2. The van der Waals surface area contributed by atoms with Crippen molar-refractivity contribution >= 4 is 11.8 Å². The van der Waals surface area contributed by atoms with Crippen LogP contribution < -0.4 is 0 Å². The Labute approximate surface area is 131 Å². The molecule has 7 heteroatoms. The number of pyridine rings is 2. The topological polar surface area (TPSA) is 91.1 Å². The molecule has 0 aliphatic rings. The van der Waals surface area contributed by atoms with Crippen LogP contribution in [0.3, 0.4) is 0 Å². The smallest absolute Gasteiger partial charge is 0.213 e. The average molecular weight is 308 g/mol. The van der Waals surface area contributed by atoms with Crippen molar-refractivity contribution in [1.29, 1.82) is 5.26 Å². The summed E-state index contributed by atoms with van der Waals surface area (Å²) in [6.45, 7) is 3.73. The van der Waals surface area contributed by atoms with Crippen molar-refractivity contribution in [2.24, 2.45) is 0 Å². The van der Waals surface area contributed by atoms with Gasteiger partial charge in [0.15, 0.2) is 5.82 Å². The molecule has 0 radical (unpaired) electrons. The molecule has 0 aliphatic carbocycles. The molecule has 0 spiro atoms. The van der Waals surface area contributed by atoms with Gasteiger partial charge in [-0.25, -0.2) is 4.98 Å². The third-order valence-electron chi connectivity index (χ3n) is 3.02. The number of aromatic amines is 1. The largest absolute Gasteiger partial charge is 0.265 e. The molecule has 3 heterocycles. The van der Waals surface area contributed by atoms with Gasteiger partial charge in [0.25, 0.3) is 0 Å². The Hall–Kier alpha value is -2.72. The Morgan fingerprint density at radius 3 is 2.68 bits per heavy atom. The number of nitriles is 1. The number of hydrogen-bond donors (Lipinski definition) is 1. The summed E-state index contributed by atoms with van der Waals surface area (Å²) in [5, 5.41) is 17.0. The quantitative estimate of drug-likeness (QED) is 0.800. The first-order valence-electron chi connectivity index (χ1n) is 6.56. The van der Waals surface area contributed by atoms with Crippen molar-refractivity contribution in [3.8, 4) is 17.5 Å². The van der Waals surface area contributed by atoms with Crippen LogP contribution in [0.25, 0.3) is 11.4 Å².